The maximum atomic E-state index is 11.7. The maximum absolute atomic E-state index is 11.7. The summed E-state index contributed by atoms with van der Waals surface area (Å²) >= 11 is 6.48. The molecule has 0 bridgehead atoms. The number of anilines is 1. The van der Waals surface area contributed by atoms with Crippen molar-refractivity contribution in [3.63, 3.8) is 0 Å². The van der Waals surface area contributed by atoms with Crippen molar-refractivity contribution in [1.82, 2.24) is 19.4 Å². The molecule has 29 heavy (non-hydrogen) atoms. The van der Waals surface area contributed by atoms with Crippen LogP contribution < -0.4 is 4.90 Å². The van der Waals surface area contributed by atoms with E-state index in [0.717, 1.165) is 41.2 Å². The fraction of sp³-hybridized carbons (Fsp3) is 0.381. The third kappa shape index (κ3) is 3.93. The lowest BCUT2D eigenvalue weighted by Gasteiger charge is -2.19. The summed E-state index contributed by atoms with van der Waals surface area (Å²) in [5.41, 5.74) is 2.83. The van der Waals surface area contributed by atoms with Gasteiger partial charge < -0.3 is 19.1 Å². The molecule has 1 aliphatic rings. The minimum absolute atomic E-state index is 0.00979. The predicted octanol–water partition coefficient (Wildman–Crippen LogP) is 2.97. The van der Waals surface area contributed by atoms with E-state index in [1.165, 1.54) is 4.90 Å². The van der Waals surface area contributed by atoms with Gasteiger partial charge in [-0.2, -0.15) is 0 Å². The number of nitrogens with zero attached hydrogens (tertiary/aromatic N) is 5. The van der Waals surface area contributed by atoms with Gasteiger partial charge in [-0.3, -0.25) is 4.79 Å². The standard InChI is InChI=1S/C21H24ClN5O2/c1-25(2)20(28)13-29-14-8-9-27(12-14)19-10-15(16(22)11-23-19)21-24-17-6-4-5-7-18(17)26(21)3/h4-7,10-11,14H,8-9,12-13H2,1-3H3. The number of para-hydroxylation sites is 2. The molecule has 1 fully saturated rings. The number of hydrogen-bond acceptors (Lipinski definition) is 5. The Bertz CT molecular complexity index is 1050. The molecule has 8 heteroatoms. The first-order valence-corrected chi connectivity index (χ1v) is 9.96. The average Bonchev–Trinajstić information content (AvgIpc) is 3.32. The van der Waals surface area contributed by atoms with Gasteiger partial charge in [-0.1, -0.05) is 23.7 Å². The maximum Gasteiger partial charge on any atom is 0.248 e. The minimum atomic E-state index is -0.0304. The first-order chi connectivity index (χ1) is 13.9. The fourth-order valence-corrected chi connectivity index (χ4v) is 3.74. The smallest absolute Gasteiger partial charge is 0.248 e. The van der Waals surface area contributed by atoms with Crippen molar-refractivity contribution in [3.8, 4) is 11.4 Å². The van der Waals surface area contributed by atoms with Crippen LogP contribution in [0.3, 0.4) is 0 Å². The summed E-state index contributed by atoms with van der Waals surface area (Å²) in [6.07, 6.45) is 2.54. The van der Waals surface area contributed by atoms with Crippen molar-refractivity contribution in [2.45, 2.75) is 12.5 Å². The second-order valence-electron chi connectivity index (χ2n) is 7.46. The highest BCUT2D eigenvalue weighted by atomic mass is 35.5. The molecule has 3 aromatic rings. The van der Waals surface area contributed by atoms with E-state index >= 15 is 0 Å². The van der Waals surface area contributed by atoms with Gasteiger partial charge in [-0.05, 0) is 24.6 Å². The van der Waals surface area contributed by atoms with Crippen LogP contribution in [0.25, 0.3) is 22.4 Å². The highest BCUT2D eigenvalue weighted by Gasteiger charge is 2.26. The van der Waals surface area contributed by atoms with Crippen LogP contribution in [0.2, 0.25) is 5.02 Å². The molecule has 152 valence electrons. The Morgan fingerprint density at radius 3 is 2.90 bits per heavy atom. The molecule has 0 N–H and O–H groups in total. The Morgan fingerprint density at radius 1 is 1.34 bits per heavy atom. The first kappa shape index (κ1) is 19.7. The van der Waals surface area contributed by atoms with Gasteiger partial charge in [0.05, 0.1) is 22.2 Å². The number of likely N-dealkylation sites (N-methyl/N-ethyl adjacent to an activating group) is 1. The molecule has 2 aromatic heterocycles. The number of aromatic nitrogens is 3. The van der Waals surface area contributed by atoms with Gasteiger partial charge in [-0.25, -0.2) is 9.97 Å². The summed E-state index contributed by atoms with van der Waals surface area (Å²) < 4.78 is 7.82. The van der Waals surface area contributed by atoms with E-state index in [2.05, 4.69) is 9.88 Å². The molecular weight excluding hydrogens is 390 g/mol. The quantitative estimate of drug-likeness (QED) is 0.643. The lowest BCUT2D eigenvalue weighted by atomic mass is 10.2. The van der Waals surface area contributed by atoms with Crippen molar-refractivity contribution in [3.05, 3.63) is 41.6 Å². The molecule has 0 spiro atoms. The Morgan fingerprint density at radius 2 is 2.14 bits per heavy atom. The van der Waals surface area contributed by atoms with Crippen molar-refractivity contribution in [2.24, 2.45) is 7.05 Å². The number of pyridine rings is 1. The molecular formula is C21H24ClN5O2. The number of fused-ring (bicyclic) bond motifs is 1. The number of ether oxygens (including phenoxy) is 1. The third-order valence-electron chi connectivity index (χ3n) is 5.28. The Labute approximate surface area is 174 Å². The molecule has 1 unspecified atom stereocenters. The second-order valence-corrected chi connectivity index (χ2v) is 7.87. The summed E-state index contributed by atoms with van der Waals surface area (Å²) in [6.45, 7) is 1.61. The Hall–Kier alpha value is -2.64. The average molecular weight is 414 g/mol. The van der Waals surface area contributed by atoms with E-state index in [4.69, 9.17) is 21.3 Å². The third-order valence-corrected chi connectivity index (χ3v) is 5.58. The Kier molecular flexibility index (Phi) is 5.43. The number of imidazole rings is 1. The molecule has 1 amide bonds. The number of hydrogen-bond donors (Lipinski definition) is 0. The molecule has 1 aromatic carbocycles. The number of carbonyl (C=O) groups is 1. The summed E-state index contributed by atoms with van der Waals surface area (Å²) in [4.78, 5) is 24.7. The normalized spacial score (nSPS) is 16.6. The zero-order chi connectivity index (χ0) is 20.5. The van der Waals surface area contributed by atoms with Gasteiger partial charge in [0.1, 0.15) is 18.2 Å². The second kappa shape index (κ2) is 8.00. The number of halogens is 1. The monoisotopic (exact) mass is 413 g/mol. The van der Waals surface area contributed by atoms with Crippen LogP contribution in [0.4, 0.5) is 5.82 Å². The van der Waals surface area contributed by atoms with Crippen molar-refractivity contribution < 1.29 is 9.53 Å². The summed E-state index contributed by atoms with van der Waals surface area (Å²) in [7, 11) is 5.45. The SMILES string of the molecule is CN(C)C(=O)COC1CCN(c2cc(-c3nc4ccccc4n3C)c(Cl)cn2)C1. The molecule has 1 aliphatic heterocycles. The van der Waals surface area contributed by atoms with Crippen LogP contribution in [0.1, 0.15) is 6.42 Å². The van der Waals surface area contributed by atoms with E-state index < -0.39 is 0 Å². The van der Waals surface area contributed by atoms with E-state index in [1.54, 1.807) is 20.3 Å². The highest BCUT2D eigenvalue weighted by Crippen LogP contribution is 2.32. The predicted molar refractivity (Wildman–Crippen MR) is 114 cm³/mol. The molecule has 1 atom stereocenters. The molecule has 0 radical (unpaired) electrons. The van der Waals surface area contributed by atoms with Crippen LogP contribution >= 0.6 is 11.6 Å². The van der Waals surface area contributed by atoms with E-state index in [9.17, 15) is 4.79 Å². The zero-order valence-electron chi connectivity index (χ0n) is 16.8. The molecule has 0 saturated carbocycles. The topological polar surface area (TPSA) is 63.5 Å². The van der Waals surface area contributed by atoms with Gasteiger partial charge in [0.15, 0.2) is 0 Å². The van der Waals surface area contributed by atoms with Gasteiger partial charge in [-0.15, -0.1) is 0 Å². The van der Waals surface area contributed by atoms with Crippen molar-refractivity contribution in [2.75, 3.05) is 38.7 Å². The van der Waals surface area contributed by atoms with Gasteiger partial charge in [0.2, 0.25) is 5.91 Å². The van der Waals surface area contributed by atoms with E-state index in [-0.39, 0.29) is 18.6 Å². The van der Waals surface area contributed by atoms with Crippen LogP contribution in [0, 0.1) is 0 Å². The molecule has 7 nitrogen and oxygen atoms in total. The summed E-state index contributed by atoms with van der Waals surface area (Å²) in [5.74, 6) is 1.61. The van der Waals surface area contributed by atoms with E-state index in [0.29, 0.717) is 11.6 Å². The van der Waals surface area contributed by atoms with Crippen LogP contribution in [0.5, 0.6) is 0 Å². The lowest BCUT2D eigenvalue weighted by molar-refractivity contribution is -0.135. The van der Waals surface area contributed by atoms with Crippen molar-refractivity contribution in [1.29, 1.82) is 0 Å². The van der Waals surface area contributed by atoms with Crippen LogP contribution in [-0.2, 0) is 16.6 Å². The molecule has 1 saturated heterocycles. The number of aryl methyl sites for hydroxylation is 1. The summed E-state index contributed by atoms with van der Waals surface area (Å²) in [5, 5.41) is 0.565. The van der Waals surface area contributed by atoms with Crippen molar-refractivity contribution >= 4 is 34.4 Å². The Balaban J connectivity index is 1.55. The summed E-state index contributed by atoms with van der Waals surface area (Å²) in [6, 6.07) is 9.99. The van der Waals surface area contributed by atoms with Crippen LogP contribution in [-0.4, -0.2) is 65.2 Å². The minimum Gasteiger partial charge on any atom is -0.366 e. The number of benzene rings is 1. The van der Waals surface area contributed by atoms with Gasteiger partial charge in [0.25, 0.3) is 0 Å². The van der Waals surface area contributed by atoms with Gasteiger partial charge in [0, 0.05) is 46.0 Å². The lowest BCUT2D eigenvalue weighted by Crippen LogP contribution is -2.30. The van der Waals surface area contributed by atoms with Crippen LogP contribution in [0.15, 0.2) is 36.5 Å². The molecule has 0 aliphatic carbocycles. The fourth-order valence-electron chi connectivity index (χ4n) is 3.55. The molecule has 4 rings (SSSR count). The number of carbonyl (C=O) groups excluding carboxylic acids is 1. The largest absolute Gasteiger partial charge is 0.366 e. The zero-order valence-corrected chi connectivity index (χ0v) is 17.6. The van der Waals surface area contributed by atoms with Gasteiger partial charge >= 0.3 is 0 Å². The molecule has 3 heterocycles. The highest BCUT2D eigenvalue weighted by molar-refractivity contribution is 6.33. The number of rotatable bonds is 5. The first-order valence-electron chi connectivity index (χ1n) is 9.58. The van der Waals surface area contributed by atoms with E-state index in [1.807, 2.05) is 41.9 Å². The number of amides is 1.